The van der Waals surface area contributed by atoms with Crippen LogP contribution in [0.4, 0.5) is 0 Å². The highest BCUT2D eigenvalue weighted by atomic mass is 35.5. The summed E-state index contributed by atoms with van der Waals surface area (Å²) in [5.41, 5.74) is 6.35. The molecule has 2 amide bonds. The molecule has 1 fully saturated rings. The van der Waals surface area contributed by atoms with Crippen LogP contribution in [0.2, 0.25) is 0 Å². The molecule has 7 heteroatoms. The zero-order valence-corrected chi connectivity index (χ0v) is 16.4. The fraction of sp³-hybridized carbons (Fsp3) is 0.579. The smallest absolute Gasteiger partial charge is 0.230 e. The quantitative estimate of drug-likeness (QED) is 0.754. The third-order valence-corrected chi connectivity index (χ3v) is 4.78. The Bertz CT molecular complexity index is 597. The van der Waals surface area contributed by atoms with Crippen LogP contribution >= 0.6 is 12.4 Å². The minimum Gasteiger partial charge on any atom is -0.497 e. The van der Waals surface area contributed by atoms with Gasteiger partial charge in [-0.3, -0.25) is 9.59 Å². The van der Waals surface area contributed by atoms with Crippen molar-refractivity contribution in [2.45, 2.75) is 44.6 Å². The number of hydrogen-bond donors (Lipinski definition) is 2. The molecule has 1 aliphatic heterocycles. The number of halogens is 1. The number of methoxy groups -OCH3 is 1. The maximum atomic E-state index is 13.0. The Morgan fingerprint density at radius 2 is 2.15 bits per heavy atom. The average Bonchev–Trinajstić information content (AvgIpc) is 2.65. The lowest BCUT2D eigenvalue weighted by Crippen LogP contribution is -2.50. The summed E-state index contributed by atoms with van der Waals surface area (Å²) in [5.74, 6) is 0.559. The van der Waals surface area contributed by atoms with Gasteiger partial charge >= 0.3 is 0 Å². The highest BCUT2D eigenvalue weighted by molar-refractivity contribution is 5.85. The number of ether oxygens (including phenoxy) is 1. The van der Waals surface area contributed by atoms with E-state index in [1.165, 1.54) is 0 Å². The van der Waals surface area contributed by atoms with Crippen molar-refractivity contribution in [2.75, 3.05) is 26.7 Å². The zero-order valence-electron chi connectivity index (χ0n) is 15.6. The van der Waals surface area contributed by atoms with Crippen LogP contribution in [0.5, 0.6) is 5.75 Å². The van der Waals surface area contributed by atoms with Crippen LogP contribution in [0, 0.1) is 0 Å². The molecule has 0 radical (unpaired) electrons. The van der Waals surface area contributed by atoms with Crippen LogP contribution in [-0.4, -0.2) is 49.5 Å². The third kappa shape index (κ3) is 5.88. The number of amides is 2. The van der Waals surface area contributed by atoms with E-state index in [-0.39, 0.29) is 36.2 Å². The number of rotatable bonds is 7. The molecule has 2 unspecified atom stereocenters. The number of likely N-dealkylation sites (tertiary alicyclic amines) is 1. The van der Waals surface area contributed by atoms with Crippen LogP contribution < -0.4 is 15.8 Å². The van der Waals surface area contributed by atoms with Gasteiger partial charge in [0, 0.05) is 32.1 Å². The van der Waals surface area contributed by atoms with Gasteiger partial charge in [0.2, 0.25) is 11.8 Å². The molecule has 1 aliphatic rings. The fourth-order valence-electron chi connectivity index (χ4n) is 3.26. The second kappa shape index (κ2) is 11.0. The minimum atomic E-state index is -0.240. The lowest BCUT2D eigenvalue weighted by atomic mass is 9.95. The second-order valence-corrected chi connectivity index (χ2v) is 6.52. The zero-order chi connectivity index (χ0) is 18.2. The molecule has 1 aromatic carbocycles. The second-order valence-electron chi connectivity index (χ2n) is 6.52. The average molecular weight is 384 g/mol. The predicted octanol–water partition coefficient (Wildman–Crippen LogP) is 2.07. The molecule has 6 nitrogen and oxygen atoms in total. The third-order valence-electron chi connectivity index (χ3n) is 4.78. The van der Waals surface area contributed by atoms with E-state index in [4.69, 9.17) is 10.5 Å². The van der Waals surface area contributed by atoms with Crippen molar-refractivity contribution in [3.05, 3.63) is 29.8 Å². The lowest BCUT2D eigenvalue weighted by molar-refractivity contribution is -0.136. The van der Waals surface area contributed by atoms with Crippen molar-refractivity contribution < 1.29 is 14.3 Å². The molecule has 2 atom stereocenters. The first-order chi connectivity index (χ1) is 12.1. The summed E-state index contributed by atoms with van der Waals surface area (Å²) in [6, 6.07) is 7.68. The molecule has 3 N–H and O–H groups in total. The standard InChI is InChI=1S/C19H29N3O3.ClH/c1-14(15-6-5-8-17(12-15)25-2)19(24)22-11-4-3-7-16(22)13-21-18(23)9-10-20;/h5-6,8,12,14,16H,3-4,7,9-11,13,20H2,1-2H3,(H,21,23);1H. The molecule has 1 heterocycles. The number of carbonyl (C=O) groups is 2. The van der Waals surface area contributed by atoms with Gasteiger partial charge in [-0.2, -0.15) is 0 Å². The summed E-state index contributed by atoms with van der Waals surface area (Å²) in [4.78, 5) is 26.6. The molecular weight excluding hydrogens is 354 g/mol. The Morgan fingerprint density at radius 3 is 2.85 bits per heavy atom. The summed E-state index contributed by atoms with van der Waals surface area (Å²) in [6.45, 7) is 3.50. The molecule has 0 spiro atoms. The van der Waals surface area contributed by atoms with Crippen molar-refractivity contribution in [1.82, 2.24) is 10.2 Å². The predicted molar refractivity (Wildman–Crippen MR) is 105 cm³/mol. The molecular formula is C19H30ClN3O3. The van der Waals surface area contributed by atoms with E-state index >= 15 is 0 Å². The molecule has 146 valence electrons. The SMILES string of the molecule is COc1cccc(C(C)C(=O)N2CCCCC2CNC(=O)CCN)c1.Cl. The Balaban J connectivity index is 0.00000338. The Morgan fingerprint density at radius 1 is 1.38 bits per heavy atom. The topological polar surface area (TPSA) is 84.7 Å². The van der Waals surface area contributed by atoms with Crippen LogP contribution in [0.25, 0.3) is 0 Å². The highest BCUT2D eigenvalue weighted by Gasteiger charge is 2.30. The van der Waals surface area contributed by atoms with Crippen molar-refractivity contribution >= 4 is 24.2 Å². The van der Waals surface area contributed by atoms with Crippen molar-refractivity contribution in [3.8, 4) is 5.75 Å². The van der Waals surface area contributed by atoms with Gasteiger partial charge in [0.1, 0.15) is 5.75 Å². The monoisotopic (exact) mass is 383 g/mol. The largest absolute Gasteiger partial charge is 0.497 e. The summed E-state index contributed by atoms with van der Waals surface area (Å²) < 4.78 is 5.26. The maximum absolute atomic E-state index is 13.0. The maximum Gasteiger partial charge on any atom is 0.230 e. The van der Waals surface area contributed by atoms with Crippen LogP contribution in [0.1, 0.15) is 44.1 Å². The van der Waals surface area contributed by atoms with E-state index in [1.54, 1.807) is 7.11 Å². The number of nitrogens with one attached hydrogen (secondary N) is 1. The van der Waals surface area contributed by atoms with Gasteiger partial charge in [0.25, 0.3) is 0 Å². The molecule has 0 aromatic heterocycles. The van der Waals surface area contributed by atoms with E-state index in [2.05, 4.69) is 5.32 Å². The molecule has 0 aliphatic carbocycles. The molecule has 1 saturated heterocycles. The first-order valence-corrected chi connectivity index (χ1v) is 8.98. The number of hydrogen-bond acceptors (Lipinski definition) is 4. The van der Waals surface area contributed by atoms with Gasteiger partial charge in [-0.15, -0.1) is 12.4 Å². The van der Waals surface area contributed by atoms with Gasteiger partial charge in [-0.1, -0.05) is 12.1 Å². The number of nitrogens with two attached hydrogens (primary N) is 1. The van der Waals surface area contributed by atoms with Gasteiger partial charge in [0.05, 0.1) is 13.0 Å². The normalized spacial score (nSPS) is 17.8. The Hall–Kier alpha value is -1.79. The first-order valence-electron chi connectivity index (χ1n) is 8.98. The summed E-state index contributed by atoms with van der Waals surface area (Å²) in [7, 11) is 1.62. The summed E-state index contributed by atoms with van der Waals surface area (Å²) in [5, 5.41) is 2.90. The van der Waals surface area contributed by atoms with E-state index in [0.717, 1.165) is 37.1 Å². The molecule has 2 rings (SSSR count). The van der Waals surface area contributed by atoms with Crippen molar-refractivity contribution in [2.24, 2.45) is 5.73 Å². The highest BCUT2D eigenvalue weighted by Crippen LogP contribution is 2.26. The van der Waals surface area contributed by atoms with Crippen LogP contribution in [0.15, 0.2) is 24.3 Å². The van der Waals surface area contributed by atoms with Gasteiger partial charge < -0.3 is 20.7 Å². The van der Waals surface area contributed by atoms with Gasteiger partial charge in [0.15, 0.2) is 0 Å². The number of benzene rings is 1. The minimum absolute atomic E-state index is 0. The van der Waals surface area contributed by atoms with E-state index < -0.39 is 0 Å². The van der Waals surface area contributed by atoms with Crippen LogP contribution in [-0.2, 0) is 9.59 Å². The number of carbonyl (C=O) groups excluding carboxylic acids is 2. The van der Waals surface area contributed by atoms with E-state index in [1.807, 2.05) is 36.1 Å². The van der Waals surface area contributed by atoms with Gasteiger partial charge in [-0.25, -0.2) is 0 Å². The Labute approximate surface area is 161 Å². The van der Waals surface area contributed by atoms with E-state index in [9.17, 15) is 9.59 Å². The molecule has 1 aromatic rings. The first kappa shape index (κ1) is 22.3. The van der Waals surface area contributed by atoms with Crippen LogP contribution in [0.3, 0.4) is 0 Å². The number of nitrogens with zero attached hydrogens (tertiary/aromatic N) is 1. The molecule has 0 bridgehead atoms. The fourth-order valence-corrected chi connectivity index (χ4v) is 3.26. The number of piperidine rings is 1. The summed E-state index contributed by atoms with van der Waals surface area (Å²) in [6.07, 6.45) is 3.32. The van der Waals surface area contributed by atoms with Crippen molar-refractivity contribution in [1.29, 1.82) is 0 Å². The summed E-state index contributed by atoms with van der Waals surface area (Å²) >= 11 is 0. The van der Waals surface area contributed by atoms with Crippen molar-refractivity contribution in [3.63, 3.8) is 0 Å². The Kier molecular flexibility index (Phi) is 9.44. The lowest BCUT2D eigenvalue weighted by Gasteiger charge is -2.37. The van der Waals surface area contributed by atoms with Gasteiger partial charge in [-0.05, 0) is 43.9 Å². The molecule has 26 heavy (non-hydrogen) atoms. The molecule has 0 saturated carbocycles. The van der Waals surface area contributed by atoms with E-state index in [0.29, 0.717) is 19.5 Å².